The van der Waals surface area contributed by atoms with Crippen molar-refractivity contribution in [2.75, 3.05) is 10.6 Å². The average Bonchev–Trinajstić information content (AvgIpc) is 3.49. The van der Waals surface area contributed by atoms with Gasteiger partial charge in [-0.1, -0.05) is 36.4 Å². The number of aliphatic hydroxyl groups is 2. The summed E-state index contributed by atoms with van der Waals surface area (Å²) in [7, 11) is 0. The van der Waals surface area contributed by atoms with E-state index in [0.717, 1.165) is 21.6 Å². The Morgan fingerprint density at radius 3 is 1.34 bits per heavy atom. The third-order valence-electron chi connectivity index (χ3n) is 4.13. The first-order valence-corrected chi connectivity index (χ1v) is 12.8. The number of hydrogen-bond donors (Lipinski definition) is 6. The quantitative estimate of drug-likeness (QED) is 0.172. The summed E-state index contributed by atoms with van der Waals surface area (Å²) in [6.45, 7) is 3.46. The zero-order valence-corrected chi connectivity index (χ0v) is 22.2. The van der Waals surface area contributed by atoms with Crippen LogP contribution in [0, 0.1) is 0 Å². The van der Waals surface area contributed by atoms with Gasteiger partial charge in [-0.3, -0.25) is 0 Å². The number of hydrogen-bond acceptors (Lipinski definition) is 12. The van der Waals surface area contributed by atoms with Gasteiger partial charge in [-0.25, -0.2) is 19.6 Å². The lowest BCUT2D eigenvalue weighted by atomic mass is 10.3. The Bertz CT molecular complexity index is 1150. The standard InChI is InChI=1S/2C11H13N3OS.C2H2O4/c2*1-8(15)7-10-13-11(16-14-10)12-9-5-3-2-4-6-9;3-1(4)2(5)6/h2*2-6,8,15H,7H2,1H3,(H,12,13,14);(H,3,4)(H,5,6)/t2*8-;/m10./s1. The van der Waals surface area contributed by atoms with Crippen LogP contribution in [0.3, 0.4) is 0 Å². The van der Waals surface area contributed by atoms with Crippen molar-refractivity contribution in [1.29, 1.82) is 0 Å². The maximum absolute atomic E-state index is 9.21. The number of benzene rings is 2. The highest BCUT2D eigenvalue weighted by Crippen LogP contribution is 2.19. The summed E-state index contributed by atoms with van der Waals surface area (Å²) >= 11 is 2.61. The predicted molar refractivity (Wildman–Crippen MR) is 145 cm³/mol. The first-order chi connectivity index (χ1) is 18.1. The third-order valence-corrected chi connectivity index (χ3v) is 5.46. The number of aliphatic hydroxyl groups excluding tert-OH is 2. The number of carbonyl (C=O) groups is 2. The van der Waals surface area contributed by atoms with Crippen LogP contribution in [0.1, 0.15) is 25.5 Å². The molecule has 6 N–H and O–H groups in total. The zero-order chi connectivity index (χ0) is 27.9. The minimum absolute atomic E-state index is 0.404. The first kappa shape index (κ1) is 30.2. The van der Waals surface area contributed by atoms with E-state index in [1.165, 1.54) is 23.1 Å². The number of aliphatic carboxylic acids is 2. The molecule has 4 rings (SSSR count). The van der Waals surface area contributed by atoms with Gasteiger partial charge in [0, 0.05) is 47.3 Å². The molecule has 14 heteroatoms. The molecule has 0 amide bonds. The van der Waals surface area contributed by atoms with Crippen LogP contribution in [-0.2, 0) is 22.4 Å². The number of para-hydroxylation sites is 2. The Hall–Kier alpha value is -3.98. The lowest BCUT2D eigenvalue weighted by molar-refractivity contribution is -0.159. The number of aromatic nitrogens is 4. The number of nitrogens with zero attached hydrogens (tertiary/aromatic N) is 4. The summed E-state index contributed by atoms with van der Waals surface area (Å²) in [5, 5.41) is 41.0. The molecule has 2 aromatic carbocycles. The van der Waals surface area contributed by atoms with Crippen LogP contribution in [0.15, 0.2) is 60.7 Å². The monoisotopic (exact) mass is 560 g/mol. The van der Waals surface area contributed by atoms with Crippen LogP contribution in [-0.4, -0.2) is 63.3 Å². The van der Waals surface area contributed by atoms with E-state index < -0.39 is 24.1 Å². The van der Waals surface area contributed by atoms with Crippen molar-refractivity contribution in [2.24, 2.45) is 0 Å². The molecule has 0 spiro atoms. The van der Waals surface area contributed by atoms with Crippen LogP contribution >= 0.6 is 23.1 Å². The van der Waals surface area contributed by atoms with E-state index in [4.69, 9.17) is 19.8 Å². The molecule has 0 saturated carbocycles. The van der Waals surface area contributed by atoms with Crippen LogP contribution in [0.2, 0.25) is 0 Å². The average molecular weight is 561 g/mol. The minimum atomic E-state index is -1.82. The molecule has 202 valence electrons. The molecule has 0 saturated heterocycles. The fourth-order valence-electron chi connectivity index (χ4n) is 2.59. The molecule has 2 heterocycles. The SMILES string of the molecule is C[C@@H](O)Cc1nsc(Nc2ccccc2)n1.C[C@H](O)Cc1nsc(Nc2ccccc2)n1.O=C(O)C(=O)O. The maximum atomic E-state index is 9.21. The molecule has 0 aliphatic heterocycles. The second-order valence-corrected chi connectivity index (χ2v) is 9.23. The van der Waals surface area contributed by atoms with Crippen molar-refractivity contribution >= 4 is 56.6 Å². The van der Waals surface area contributed by atoms with Crippen LogP contribution in [0.4, 0.5) is 21.6 Å². The second kappa shape index (κ2) is 16.0. The van der Waals surface area contributed by atoms with Gasteiger partial charge >= 0.3 is 11.9 Å². The van der Waals surface area contributed by atoms with Gasteiger partial charge in [-0.05, 0) is 38.1 Å². The molecule has 2 aromatic heterocycles. The largest absolute Gasteiger partial charge is 0.473 e. The lowest BCUT2D eigenvalue weighted by Gasteiger charge is -2.00. The summed E-state index contributed by atoms with van der Waals surface area (Å²) in [6.07, 6.45) is 0.179. The van der Waals surface area contributed by atoms with Gasteiger partial charge in [0.2, 0.25) is 10.3 Å². The fraction of sp³-hybridized carbons (Fsp3) is 0.250. The van der Waals surface area contributed by atoms with E-state index in [9.17, 15) is 10.2 Å². The van der Waals surface area contributed by atoms with E-state index >= 15 is 0 Å². The lowest BCUT2D eigenvalue weighted by Crippen LogP contribution is -2.09. The molecule has 38 heavy (non-hydrogen) atoms. The normalized spacial score (nSPS) is 11.6. The van der Waals surface area contributed by atoms with Crippen molar-refractivity contribution < 1.29 is 30.0 Å². The van der Waals surface area contributed by atoms with Gasteiger partial charge in [0.25, 0.3) is 0 Å². The fourth-order valence-corrected chi connectivity index (χ4v) is 3.83. The summed E-state index contributed by atoms with van der Waals surface area (Å²) in [5.41, 5.74) is 1.98. The summed E-state index contributed by atoms with van der Waals surface area (Å²) < 4.78 is 8.32. The first-order valence-electron chi connectivity index (χ1n) is 11.2. The minimum Gasteiger partial charge on any atom is -0.473 e. The van der Waals surface area contributed by atoms with E-state index in [0.29, 0.717) is 24.5 Å². The number of nitrogens with one attached hydrogen (secondary N) is 2. The van der Waals surface area contributed by atoms with Crippen molar-refractivity contribution in [3.8, 4) is 0 Å². The number of rotatable bonds is 8. The molecule has 0 unspecified atom stereocenters. The van der Waals surface area contributed by atoms with Gasteiger partial charge < -0.3 is 31.1 Å². The Labute approximate surface area is 227 Å². The smallest absolute Gasteiger partial charge is 0.414 e. The van der Waals surface area contributed by atoms with E-state index in [-0.39, 0.29) is 0 Å². The molecule has 4 aromatic rings. The van der Waals surface area contributed by atoms with Gasteiger partial charge in [0.05, 0.1) is 12.2 Å². The van der Waals surface area contributed by atoms with Gasteiger partial charge in [-0.15, -0.1) is 0 Å². The van der Waals surface area contributed by atoms with E-state index in [1.807, 2.05) is 60.7 Å². The highest BCUT2D eigenvalue weighted by molar-refractivity contribution is 7.10. The van der Waals surface area contributed by atoms with Gasteiger partial charge in [0.15, 0.2) is 0 Å². The summed E-state index contributed by atoms with van der Waals surface area (Å²) in [4.78, 5) is 26.8. The molecule has 12 nitrogen and oxygen atoms in total. The van der Waals surface area contributed by atoms with Crippen molar-refractivity contribution in [3.05, 3.63) is 72.3 Å². The Morgan fingerprint density at radius 2 is 1.05 bits per heavy atom. The number of carboxylic acid groups (broad SMARTS) is 2. The molecular weight excluding hydrogens is 532 g/mol. The predicted octanol–water partition coefficient (Wildman–Crippen LogP) is 3.57. The van der Waals surface area contributed by atoms with Crippen molar-refractivity contribution in [2.45, 2.75) is 38.9 Å². The topological polar surface area (TPSA) is 191 Å². The molecular formula is C24H28N6O6S2. The molecule has 0 aliphatic rings. The van der Waals surface area contributed by atoms with Crippen molar-refractivity contribution in [3.63, 3.8) is 0 Å². The Kier molecular flexibility index (Phi) is 12.7. The molecule has 0 fully saturated rings. The van der Waals surface area contributed by atoms with E-state index in [2.05, 4.69) is 29.3 Å². The maximum Gasteiger partial charge on any atom is 0.414 e. The van der Waals surface area contributed by atoms with Crippen molar-refractivity contribution in [1.82, 2.24) is 18.7 Å². The van der Waals surface area contributed by atoms with Crippen LogP contribution in [0.25, 0.3) is 0 Å². The number of anilines is 4. The summed E-state index contributed by atoms with van der Waals surface area (Å²) in [6, 6.07) is 19.6. The van der Waals surface area contributed by atoms with Crippen LogP contribution < -0.4 is 10.6 Å². The van der Waals surface area contributed by atoms with Crippen LogP contribution in [0.5, 0.6) is 0 Å². The van der Waals surface area contributed by atoms with Gasteiger partial charge in [-0.2, -0.15) is 8.75 Å². The van der Waals surface area contributed by atoms with Gasteiger partial charge in [0.1, 0.15) is 11.6 Å². The molecule has 2 atom stereocenters. The molecule has 0 bridgehead atoms. The number of carboxylic acids is 2. The Morgan fingerprint density at radius 1 is 0.711 bits per heavy atom. The molecule has 0 aliphatic carbocycles. The third kappa shape index (κ3) is 12.3. The zero-order valence-electron chi connectivity index (χ0n) is 20.6. The second-order valence-electron chi connectivity index (χ2n) is 7.73. The Balaban J connectivity index is 0.000000221. The highest BCUT2D eigenvalue weighted by Gasteiger charge is 2.08. The summed E-state index contributed by atoms with van der Waals surface area (Å²) in [5.74, 6) is -2.29. The molecule has 0 radical (unpaired) electrons. The highest BCUT2D eigenvalue weighted by atomic mass is 32.1. The van der Waals surface area contributed by atoms with E-state index in [1.54, 1.807) is 13.8 Å².